The van der Waals surface area contributed by atoms with Crippen LogP contribution in [0.3, 0.4) is 0 Å². The number of thiocarbonyl (C=S) groups is 1. The molecule has 1 saturated carbocycles. The van der Waals surface area contributed by atoms with Crippen molar-refractivity contribution in [3.63, 3.8) is 0 Å². The molecular weight excluding hydrogens is 424 g/mol. The van der Waals surface area contributed by atoms with Gasteiger partial charge in [-0.3, -0.25) is 4.98 Å². The van der Waals surface area contributed by atoms with Gasteiger partial charge in [0.2, 0.25) is 0 Å². The summed E-state index contributed by atoms with van der Waals surface area (Å²) in [5.41, 5.74) is 7.63. The summed E-state index contributed by atoms with van der Waals surface area (Å²) in [7, 11) is 0. The summed E-state index contributed by atoms with van der Waals surface area (Å²) in [5, 5.41) is 4.55. The number of pyridine rings is 1. The highest BCUT2D eigenvalue weighted by molar-refractivity contribution is 7.80. The number of aryl methyl sites for hydroxylation is 2. The van der Waals surface area contributed by atoms with E-state index in [1.807, 2.05) is 12.3 Å². The van der Waals surface area contributed by atoms with E-state index >= 15 is 0 Å². The molecule has 0 bridgehead atoms. The molecule has 0 unspecified atom stereocenters. The zero-order valence-electron chi connectivity index (χ0n) is 19.9. The smallest absolute Gasteiger partial charge is 0.170 e. The second-order valence-corrected chi connectivity index (χ2v) is 9.86. The summed E-state index contributed by atoms with van der Waals surface area (Å²) in [6, 6.07) is 18.0. The molecule has 4 nitrogen and oxygen atoms in total. The highest BCUT2D eigenvalue weighted by atomic mass is 32.1. The van der Waals surface area contributed by atoms with Crippen LogP contribution in [-0.4, -0.2) is 25.6 Å². The topological polar surface area (TPSA) is 33.1 Å². The molecule has 0 spiro atoms. The van der Waals surface area contributed by atoms with Crippen molar-refractivity contribution in [2.24, 2.45) is 0 Å². The molecule has 2 atom stereocenters. The molecule has 0 amide bonds. The Balaban J connectivity index is 1.64. The van der Waals surface area contributed by atoms with Crippen molar-refractivity contribution >= 4 is 17.3 Å². The van der Waals surface area contributed by atoms with E-state index in [1.165, 1.54) is 60.3 Å². The fourth-order valence-corrected chi connectivity index (χ4v) is 6.33. The number of rotatable bonds is 5. The number of aromatic nitrogens is 2. The first-order chi connectivity index (χ1) is 16.1. The van der Waals surface area contributed by atoms with E-state index in [9.17, 15) is 0 Å². The molecule has 172 valence electrons. The van der Waals surface area contributed by atoms with Gasteiger partial charge >= 0.3 is 0 Å². The van der Waals surface area contributed by atoms with E-state index in [-0.39, 0.29) is 12.1 Å². The first-order valence-electron chi connectivity index (χ1n) is 12.4. The third kappa shape index (κ3) is 3.97. The third-order valence-electron chi connectivity index (χ3n) is 7.51. The summed E-state index contributed by atoms with van der Waals surface area (Å²) in [6.45, 7) is 6.73. The van der Waals surface area contributed by atoms with Gasteiger partial charge in [0, 0.05) is 29.3 Å². The number of nitrogens with one attached hydrogen (secondary N) is 1. The third-order valence-corrected chi connectivity index (χ3v) is 7.83. The quantitative estimate of drug-likeness (QED) is 0.451. The second-order valence-electron chi connectivity index (χ2n) is 9.47. The van der Waals surface area contributed by atoms with Crippen LogP contribution in [0.25, 0.3) is 5.69 Å². The molecule has 3 aromatic rings. The van der Waals surface area contributed by atoms with E-state index in [4.69, 9.17) is 17.2 Å². The van der Waals surface area contributed by atoms with Crippen LogP contribution < -0.4 is 5.32 Å². The van der Waals surface area contributed by atoms with Crippen LogP contribution in [0.4, 0.5) is 0 Å². The number of para-hydroxylation sites is 1. The Morgan fingerprint density at radius 3 is 2.52 bits per heavy atom. The fourth-order valence-electron chi connectivity index (χ4n) is 5.94. The van der Waals surface area contributed by atoms with Gasteiger partial charge in [-0.2, -0.15) is 0 Å². The van der Waals surface area contributed by atoms with Crippen LogP contribution in [0.5, 0.6) is 0 Å². The van der Waals surface area contributed by atoms with E-state index in [2.05, 4.69) is 78.0 Å². The van der Waals surface area contributed by atoms with Gasteiger partial charge < -0.3 is 14.8 Å². The maximum Gasteiger partial charge on any atom is 0.170 e. The van der Waals surface area contributed by atoms with Gasteiger partial charge in [0.05, 0.1) is 17.8 Å². The van der Waals surface area contributed by atoms with Gasteiger partial charge in [-0.15, -0.1) is 0 Å². The van der Waals surface area contributed by atoms with Gasteiger partial charge in [0.1, 0.15) is 0 Å². The zero-order chi connectivity index (χ0) is 22.9. The largest absolute Gasteiger partial charge is 0.352 e. The second kappa shape index (κ2) is 9.30. The highest BCUT2D eigenvalue weighted by Crippen LogP contribution is 2.44. The van der Waals surface area contributed by atoms with Gasteiger partial charge in [0.15, 0.2) is 5.11 Å². The first-order valence-corrected chi connectivity index (χ1v) is 12.8. The van der Waals surface area contributed by atoms with Crippen molar-refractivity contribution in [2.75, 3.05) is 0 Å². The number of nitrogens with zero attached hydrogens (tertiary/aromatic N) is 3. The minimum atomic E-state index is 0.0518. The summed E-state index contributed by atoms with van der Waals surface area (Å²) in [4.78, 5) is 7.26. The maximum atomic E-state index is 5.97. The van der Waals surface area contributed by atoms with Gasteiger partial charge in [-0.1, -0.05) is 50.5 Å². The molecular formula is C28H34N4S. The molecule has 2 fully saturated rings. The lowest BCUT2D eigenvalue weighted by Crippen LogP contribution is -2.40. The van der Waals surface area contributed by atoms with Gasteiger partial charge in [0.25, 0.3) is 0 Å². The summed E-state index contributed by atoms with van der Waals surface area (Å²) >= 11 is 5.97. The Kier molecular flexibility index (Phi) is 6.24. The van der Waals surface area contributed by atoms with E-state index in [0.29, 0.717) is 6.04 Å². The predicted octanol–water partition coefficient (Wildman–Crippen LogP) is 6.36. The lowest BCUT2D eigenvalue weighted by molar-refractivity contribution is 0.197. The van der Waals surface area contributed by atoms with Crippen LogP contribution in [0, 0.1) is 13.8 Å². The normalized spacial score (nSPS) is 21.4. The lowest BCUT2D eigenvalue weighted by atomic mass is 9.90. The Morgan fingerprint density at radius 1 is 1.03 bits per heavy atom. The molecule has 5 rings (SSSR count). The molecule has 2 aliphatic rings. The molecule has 3 heterocycles. The van der Waals surface area contributed by atoms with Gasteiger partial charge in [-0.05, 0) is 80.7 Å². The molecule has 2 aromatic heterocycles. The maximum absolute atomic E-state index is 5.97. The van der Waals surface area contributed by atoms with Crippen molar-refractivity contribution in [3.8, 4) is 5.69 Å². The van der Waals surface area contributed by atoms with Crippen molar-refractivity contribution in [1.82, 2.24) is 19.8 Å². The molecule has 5 heteroatoms. The Bertz CT molecular complexity index is 1130. The van der Waals surface area contributed by atoms with E-state index in [0.717, 1.165) is 17.2 Å². The SMILES string of the molecule is CCc1ccccc1-n1c(C)cc([C@@H]2[C@@H](c3ccccn3)NC(=S)N2C2CCCCC2)c1C. The minimum Gasteiger partial charge on any atom is -0.352 e. The average Bonchev–Trinajstić information content (AvgIpc) is 3.35. The molecule has 1 aromatic carbocycles. The number of benzene rings is 1. The molecule has 1 aliphatic heterocycles. The van der Waals surface area contributed by atoms with Crippen molar-refractivity contribution in [3.05, 3.63) is 82.9 Å². The monoisotopic (exact) mass is 458 g/mol. The van der Waals surface area contributed by atoms with E-state index in [1.54, 1.807) is 0 Å². The Labute approximate surface area is 203 Å². The zero-order valence-corrected chi connectivity index (χ0v) is 20.7. The molecule has 1 aliphatic carbocycles. The van der Waals surface area contributed by atoms with Crippen LogP contribution in [0.15, 0.2) is 54.7 Å². The molecule has 33 heavy (non-hydrogen) atoms. The molecule has 0 radical (unpaired) electrons. The van der Waals surface area contributed by atoms with Crippen LogP contribution in [0.2, 0.25) is 0 Å². The van der Waals surface area contributed by atoms with E-state index < -0.39 is 0 Å². The number of hydrogen-bond donors (Lipinski definition) is 1. The van der Waals surface area contributed by atoms with Crippen molar-refractivity contribution in [2.45, 2.75) is 77.4 Å². The van der Waals surface area contributed by atoms with Crippen LogP contribution in [0.1, 0.15) is 79.3 Å². The number of hydrogen-bond acceptors (Lipinski definition) is 2. The summed E-state index contributed by atoms with van der Waals surface area (Å²) in [6.07, 6.45) is 9.24. The standard InChI is InChI=1S/C28H34N4S/c1-4-21-12-8-9-16-25(21)31-19(2)18-23(20(31)3)27-26(24-15-10-11-17-29-24)30-28(33)32(27)22-13-6-5-7-14-22/h8-12,15-18,22,26-27H,4-7,13-14H2,1-3H3,(H,30,33)/t26-,27-/m1/s1. The van der Waals surface area contributed by atoms with Gasteiger partial charge in [-0.25, -0.2) is 0 Å². The van der Waals surface area contributed by atoms with Crippen molar-refractivity contribution in [1.29, 1.82) is 0 Å². The van der Waals surface area contributed by atoms with Crippen molar-refractivity contribution < 1.29 is 0 Å². The molecule has 1 N–H and O–H groups in total. The van der Waals surface area contributed by atoms with Crippen LogP contribution >= 0.6 is 12.2 Å². The van der Waals surface area contributed by atoms with Crippen LogP contribution in [-0.2, 0) is 6.42 Å². The Morgan fingerprint density at radius 2 is 1.79 bits per heavy atom. The summed E-state index contributed by atoms with van der Waals surface area (Å²) < 4.78 is 2.43. The highest BCUT2D eigenvalue weighted by Gasteiger charge is 2.44. The predicted molar refractivity (Wildman–Crippen MR) is 139 cm³/mol. The first kappa shape index (κ1) is 22.1. The lowest BCUT2D eigenvalue weighted by Gasteiger charge is -2.37. The summed E-state index contributed by atoms with van der Waals surface area (Å²) in [5.74, 6) is 0. The minimum absolute atomic E-state index is 0.0518. The fraction of sp³-hybridized carbons (Fsp3) is 0.429. The molecule has 1 saturated heterocycles. The Hall–Kier alpha value is -2.66. The average molecular weight is 459 g/mol.